The molecule has 9 nitrogen and oxygen atoms in total. The van der Waals surface area contributed by atoms with Crippen LogP contribution in [0.25, 0.3) is 22.3 Å². The number of ether oxygens (including phenoxy) is 1. The first-order valence-electron chi connectivity index (χ1n) is 11.8. The normalized spacial score (nSPS) is 16.8. The second-order valence-corrected chi connectivity index (χ2v) is 11.0. The molecule has 2 aliphatic rings. The van der Waals surface area contributed by atoms with E-state index in [4.69, 9.17) is 14.7 Å². The molecule has 0 atom stereocenters. The summed E-state index contributed by atoms with van der Waals surface area (Å²) in [6.07, 6.45) is 8.05. The SMILES string of the molecule is O=C(NCc1cc2nc(-c3cncc(C4CC4)n3)ccc2cn1)c1ccc2c(c1)S(=O)(=O)COCC2. The standard InChI is InChI=1S/C26H23N5O4S/c32-26(18-4-3-17-7-8-35-15-36(33,34)25(17)9-18)29-12-20-10-22-19(11-28-20)5-6-21(30-22)24-14-27-13-23(31-24)16-1-2-16/h3-6,9-11,13-14,16H,1-2,7-8,12,15H2,(H,29,32). The van der Waals surface area contributed by atoms with E-state index in [1.807, 2.05) is 24.4 Å². The third-order valence-corrected chi connectivity index (χ3v) is 7.92. The lowest BCUT2D eigenvalue weighted by Crippen LogP contribution is -2.23. The molecule has 1 amide bonds. The smallest absolute Gasteiger partial charge is 0.251 e. The van der Waals surface area contributed by atoms with Crippen molar-refractivity contribution in [1.29, 1.82) is 0 Å². The molecule has 1 N–H and O–H groups in total. The van der Waals surface area contributed by atoms with Crippen LogP contribution in [-0.2, 0) is 27.5 Å². The number of nitrogens with one attached hydrogen (secondary N) is 1. The maximum absolute atomic E-state index is 12.8. The van der Waals surface area contributed by atoms with Crippen LogP contribution in [0.4, 0.5) is 0 Å². The van der Waals surface area contributed by atoms with Crippen molar-refractivity contribution in [3.05, 3.63) is 77.5 Å². The van der Waals surface area contributed by atoms with Crippen molar-refractivity contribution in [2.24, 2.45) is 0 Å². The number of fused-ring (bicyclic) bond motifs is 2. The molecular formula is C26H23N5O4S. The van der Waals surface area contributed by atoms with Gasteiger partial charge in [-0.15, -0.1) is 0 Å². The first-order valence-corrected chi connectivity index (χ1v) is 13.4. The van der Waals surface area contributed by atoms with Gasteiger partial charge in [-0.2, -0.15) is 0 Å². The van der Waals surface area contributed by atoms with Gasteiger partial charge in [0.1, 0.15) is 5.69 Å². The summed E-state index contributed by atoms with van der Waals surface area (Å²) >= 11 is 0. The van der Waals surface area contributed by atoms with Crippen molar-refractivity contribution >= 4 is 26.6 Å². The van der Waals surface area contributed by atoms with Crippen molar-refractivity contribution in [3.8, 4) is 11.4 Å². The lowest BCUT2D eigenvalue weighted by molar-refractivity contribution is 0.0950. The highest BCUT2D eigenvalue weighted by atomic mass is 32.2. The number of pyridine rings is 2. The van der Waals surface area contributed by atoms with Crippen LogP contribution in [0.1, 0.15) is 46.1 Å². The Balaban J connectivity index is 1.21. The Kier molecular flexibility index (Phi) is 5.69. The number of nitrogens with zero attached hydrogens (tertiary/aromatic N) is 4. The maximum atomic E-state index is 12.8. The van der Waals surface area contributed by atoms with E-state index in [-0.39, 0.29) is 28.8 Å². The fraction of sp³-hybridized carbons (Fsp3) is 0.269. The average molecular weight is 502 g/mol. The number of carbonyl (C=O) groups excluding carboxylic acids is 1. The van der Waals surface area contributed by atoms with Crippen LogP contribution in [0.2, 0.25) is 0 Å². The van der Waals surface area contributed by atoms with Crippen molar-refractivity contribution in [2.45, 2.75) is 36.6 Å². The molecule has 1 aromatic carbocycles. The zero-order valence-electron chi connectivity index (χ0n) is 19.3. The second-order valence-electron chi connectivity index (χ2n) is 9.06. The number of sulfone groups is 1. The summed E-state index contributed by atoms with van der Waals surface area (Å²) in [7, 11) is -3.59. The Morgan fingerprint density at radius 2 is 1.92 bits per heavy atom. The van der Waals surface area contributed by atoms with Crippen LogP contribution in [0.5, 0.6) is 0 Å². The molecule has 3 aromatic heterocycles. The number of rotatable bonds is 5. The van der Waals surface area contributed by atoms with Crippen molar-refractivity contribution in [1.82, 2.24) is 25.3 Å². The van der Waals surface area contributed by atoms with E-state index in [2.05, 4.69) is 15.3 Å². The summed E-state index contributed by atoms with van der Waals surface area (Å²) in [5.41, 5.74) is 4.77. The summed E-state index contributed by atoms with van der Waals surface area (Å²) < 4.78 is 30.1. The van der Waals surface area contributed by atoms with Gasteiger partial charge >= 0.3 is 0 Å². The van der Waals surface area contributed by atoms with Crippen LogP contribution >= 0.6 is 0 Å². The minimum atomic E-state index is -3.59. The van der Waals surface area contributed by atoms with Crippen LogP contribution in [-0.4, -0.2) is 46.8 Å². The summed E-state index contributed by atoms with van der Waals surface area (Å²) in [5.74, 6) is -0.253. The van der Waals surface area contributed by atoms with Gasteiger partial charge in [0, 0.05) is 29.3 Å². The lowest BCUT2D eigenvalue weighted by atomic mass is 10.1. The van der Waals surface area contributed by atoms with Gasteiger partial charge in [-0.1, -0.05) is 6.07 Å². The summed E-state index contributed by atoms with van der Waals surface area (Å²) in [6, 6.07) is 10.4. The predicted octanol–water partition coefficient (Wildman–Crippen LogP) is 3.20. The zero-order valence-corrected chi connectivity index (χ0v) is 20.2. The van der Waals surface area contributed by atoms with Gasteiger partial charge in [0.15, 0.2) is 5.94 Å². The number of hydrogen-bond donors (Lipinski definition) is 1. The molecule has 1 aliphatic heterocycles. The van der Waals surface area contributed by atoms with E-state index in [0.29, 0.717) is 30.2 Å². The molecule has 4 heterocycles. The minimum Gasteiger partial charge on any atom is -0.365 e. The molecule has 0 bridgehead atoms. The maximum Gasteiger partial charge on any atom is 0.251 e. The van der Waals surface area contributed by atoms with E-state index in [1.54, 1.807) is 24.5 Å². The molecular weight excluding hydrogens is 478 g/mol. The lowest BCUT2D eigenvalue weighted by Gasteiger charge is -2.10. The van der Waals surface area contributed by atoms with E-state index in [9.17, 15) is 13.2 Å². The molecule has 36 heavy (non-hydrogen) atoms. The molecule has 0 saturated heterocycles. The Labute approximate surface area is 207 Å². The number of aromatic nitrogens is 4. The fourth-order valence-electron chi connectivity index (χ4n) is 4.26. The van der Waals surface area contributed by atoms with Crippen LogP contribution < -0.4 is 5.32 Å². The largest absolute Gasteiger partial charge is 0.365 e. The highest BCUT2D eigenvalue weighted by Gasteiger charge is 2.26. The van der Waals surface area contributed by atoms with Gasteiger partial charge < -0.3 is 10.1 Å². The molecule has 182 valence electrons. The van der Waals surface area contributed by atoms with Crippen LogP contribution in [0, 0.1) is 0 Å². The molecule has 4 aromatic rings. The van der Waals surface area contributed by atoms with Gasteiger partial charge in [0.05, 0.1) is 46.8 Å². The minimum absolute atomic E-state index is 0.155. The van der Waals surface area contributed by atoms with Gasteiger partial charge in [-0.05, 0) is 55.2 Å². The van der Waals surface area contributed by atoms with E-state index < -0.39 is 9.84 Å². The molecule has 1 fully saturated rings. The van der Waals surface area contributed by atoms with Crippen molar-refractivity contribution in [3.63, 3.8) is 0 Å². The number of benzene rings is 1. The van der Waals surface area contributed by atoms with Crippen molar-refractivity contribution < 1.29 is 17.9 Å². The molecule has 0 unspecified atom stereocenters. The molecule has 6 rings (SSSR count). The first kappa shape index (κ1) is 22.7. The molecule has 10 heteroatoms. The Bertz CT molecular complexity index is 1600. The Morgan fingerprint density at radius 1 is 1.03 bits per heavy atom. The fourth-order valence-corrected chi connectivity index (χ4v) is 5.60. The number of carbonyl (C=O) groups is 1. The van der Waals surface area contributed by atoms with Gasteiger partial charge in [0.25, 0.3) is 5.91 Å². The average Bonchev–Trinajstić information content (AvgIpc) is 3.76. The summed E-state index contributed by atoms with van der Waals surface area (Å²) in [6.45, 7) is 0.504. The quantitative estimate of drug-likeness (QED) is 0.442. The highest BCUT2D eigenvalue weighted by molar-refractivity contribution is 7.91. The molecule has 1 aliphatic carbocycles. The van der Waals surface area contributed by atoms with Gasteiger partial charge in [-0.25, -0.2) is 18.4 Å². The number of amides is 1. The molecule has 0 radical (unpaired) electrons. The molecule has 1 saturated carbocycles. The molecule has 0 spiro atoms. The second kappa shape index (κ2) is 9.03. The predicted molar refractivity (Wildman–Crippen MR) is 132 cm³/mol. The first-order chi connectivity index (χ1) is 17.5. The Hall–Kier alpha value is -3.76. The van der Waals surface area contributed by atoms with E-state index in [0.717, 1.165) is 40.8 Å². The topological polar surface area (TPSA) is 124 Å². The van der Waals surface area contributed by atoms with Gasteiger partial charge in [-0.3, -0.25) is 14.8 Å². The third-order valence-electron chi connectivity index (χ3n) is 6.39. The zero-order chi connectivity index (χ0) is 24.7. The van der Waals surface area contributed by atoms with E-state index in [1.165, 1.54) is 6.07 Å². The summed E-state index contributed by atoms with van der Waals surface area (Å²) in [4.78, 5) is 31.2. The highest BCUT2D eigenvalue weighted by Crippen LogP contribution is 2.39. The summed E-state index contributed by atoms with van der Waals surface area (Å²) in [5, 5.41) is 3.70. The van der Waals surface area contributed by atoms with Crippen LogP contribution in [0.15, 0.2) is 59.9 Å². The van der Waals surface area contributed by atoms with E-state index >= 15 is 0 Å². The third kappa shape index (κ3) is 4.57. The number of hydrogen-bond acceptors (Lipinski definition) is 8. The van der Waals surface area contributed by atoms with Crippen LogP contribution in [0.3, 0.4) is 0 Å². The van der Waals surface area contributed by atoms with Crippen molar-refractivity contribution in [2.75, 3.05) is 12.5 Å². The Morgan fingerprint density at radius 3 is 2.78 bits per heavy atom. The van der Waals surface area contributed by atoms with Gasteiger partial charge in [0.2, 0.25) is 9.84 Å². The monoisotopic (exact) mass is 501 g/mol.